The molecule has 1 aromatic carbocycles. The van der Waals surface area contributed by atoms with E-state index in [1.165, 1.54) is 0 Å². The Morgan fingerprint density at radius 3 is 2.74 bits per heavy atom. The molecule has 1 aromatic rings. The van der Waals surface area contributed by atoms with Gasteiger partial charge in [0.1, 0.15) is 18.4 Å². The Kier molecular flexibility index (Phi) is 6.34. The molecule has 2 aliphatic rings. The highest BCUT2D eigenvalue weighted by molar-refractivity contribution is 5.89. The summed E-state index contributed by atoms with van der Waals surface area (Å²) >= 11 is 0. The van der Waals surface area contributed by atoms with Crippen LogP contribution in [0.3, 0.4) is 0 Å². The van der Waals surface area contributed by atoms with E-state index in [9.17, 15) is 9.59 Å². The largest absolute Gasteiger partial charge is 0.492 e. The van der Waals surface area contributed by atoms with Crippen LogP contribution in [0, 0.1) is 0 Å². The normalized spacial score (nSPS) is 22.7. The quantitative estimate of drug-likeness (QED) is 0.820. The van der Waals surface area contributed by atoms with Crippen molar-refractivity contribution in [3.63, 3.8) is 0 Å². The van der Waals surface area contributed by atoms with E-state index in [4.69, 9.17) is 10.5 Å². The van der Waals surface area contributed by atoms with Gasteiger partial charge in [-0.3, -0.25) is 14.5 Å². The third kappa shape index (κ3) is 4.42. The predicted molar refractivity (Wildman–Crippen MR) is 103 cm³/mol. The van der Waals surface area contributed by atoms with Gasteiger partial charge in [-0.15, -0.1) is 0 Å². The first kappa shape index (κ1) is 19.6. The second kappa shape index (κ2) is 8.71. The lowest BCUT2D eigenvalue weighted by molar-refractivity contribution is -0.144. The first-order valence-corrected chi connectivity index (χ1v) is 9.80. The molecular formula is C20H30N4O3. The van der Waals surface area contributed by atoms with Crippen molar-refractivity contribution in [1.29, 1.82) is 0 Å². The number of ether oxygens (including phenoxy) is 1. The highest BCUT2D eigenvalue weighted by Crippen LogP contribution is 2.23. The van der Waals surface area contributed by atoms with Gasteiger partial charge in [-0.05, 0) is 26.3 Å². The van der Waals surface area contributed by atoms with Gasteiger partial charge < -0.3 is 20.3 Å². The first-order chi connectivity index (χ1) is 13.0. The Labute approximate surface area is 161 Å². The van der Waals surface area contributed by atoms with Crippen molar-refractivity contribution in [2.45, 2.75) is 38.9 Å². The molecule has 148 valence electrons. The number of nitrogens with zero attached hydrogens (tertiary/aromatic N) is 3. The number of amides is 2. The summed E-state index contributed by atoms with van der Waals surface area (Å²) in [7, 11) is 0. The van der Waals surface area contributed by atoms with E-state index in [-0.39, 0.29) is 24.4 Å². The highest BCUT2D eigenvalue weighted by atomic mass is 16.5. The lowest BCUT2D eigenvalue weighted by Gasteiger charge is -2.30. The zero-order valence-corrected chi connectivity index (χ0v) is 16.3. The summed E-state index contributed by atoms with van der Waals surface area (Å²) in [6, 6.07) is 7.32. The van der Waals surface area contributed by atoms with Crippen molar-refractivity contribution in [2.75, 3.05) is 39.3 Å². The van der Waals surface area contributed by atoms with Gasteiger partial charge in [0, 0.05) is 44.3 Å². The number of hydrogen-bond donors (Lipinski definition) is 1. The van der Waals surface area contributed by atoms with Gasteiger partial charge in [-0.25, -0.2) is 0 Å². The lowest BCUT2D eigenvalue weighted by atomic mass is 10.1. The Balaban J connectivity index is 1.68. The van der Waals surface area contributed by atoms with Crippen LogP contribution in [-0.2, 0) is 16.1 Å². The van der Waals surface area contributed by atoms with Crippen molar-refractivity contribution in [3.05, 3.63) is 29.8 Å². The molecule has 7 heteroatoms. The molecule has 0 unspecified atom stereocenters. The van der Waals surface area contributed by atoms with E-state index in [0.717, 1.165) is 11.3 Å². The maximum absolute atomic E-state index is 13.0. The number of para-hydroxylation sites is 1. The fourth-order valence-corrected chi connectivity index (χ4v) is 3.92. The summed E-state index contributed by atoms with van der Waals surface area (Å²) in [5.74, 6) is 0.851. The number of carbonyl (C=O) groups excluding carboxylic acids is 2. The number of carbonyl (C=O) groups is 2. The number of likely N-dealkylation sites (N-methyl/N-ethyl adjacent to an activating group) is 1. The van der Waals surface area contributed by atoms with Gasteiger partial charge in [-0.1, -0.05) is 18.2 Å². The molecule has 1 fully saturated rings. The Morgan fingerprint density at radius 2 is 2.00 bits per heavy atom. The molecule has 3 rings (SSSR count). The van der Waals surface area contributed by atoms with Crippen molar-refractivity contribution >= 4 is 11.8 Å². The van der Waals surface area contributed by atoms with Crippen molar-refractivity contribution in [2.24, 2.45) is 5.73 Å². The number of rotatable bonds is 5. The number of benzene rings is 1. The van der Waals surface area contributed by atoms with Gasteiger partial charge in [-0.2, -0.15) is 0 Å². The number of nitrogens with two attached hydrogens (primary N) is 1. The maximum Gasteiger partial charge on any atom is 0.245 e. The van der Waals surface area contributed by atoms with Crippen LogP contribution in [0.1, 0.15) is 25.8 Å². The van der Waals surface area contributed by atoms with Gasteiger partial charge >= 0.3 is 0 Å². The minimum Gasteiger partial charge on any atom is -0.492 e. The van der Waals surface area contributed by atoms with Gasteiger partial charge in [0.05, 0.1) is 6.54 Å². The van der Waals surface area contributed by atoms with Crippen LogP contribution in [0.4, 0.5) is 0 Å². The second-order valence-electron chi connectivity index (χ2n) is 7.24. The molecule has 2 atom stereocenters. The molecule has 1 saturated heterocycles. The molecular weight excluding hydrogens is 344 g/mol. The van der Waals surface area contributed by atoms with Crippen LogP contribution in [0.15, 0.2) is 24.3 Å². The third-order valence-electron chi connectivity index (χ3n) is 5.40. The van der Waals surface area contributed by atoms with E-state index >= 15 is 0 Å². The summed E-state index contributed by atoms with van der Waals surface area (Å²) in [6.07, 6.45) is 0.535. The van der Waals surface area contributed by atoms with Crippen molar-refractivity contribution < 1.29 is 14.3 Å². The van der Waals surface area contributed by atoms with E-state index in [1.54, 1.807) is 9.80 Å². The van der Waals surface area contributed by atoms with E-state index in [2.05, 4.69) is 4.90 Å². The van der Waals surface area contributed by atoms with Crippen LogP contribution >= 0.6 is 0 Å². The molecule has 0 bridgehead atoms. The molecule has 2 heterocycles. The molecule has 0 aromatic heterocycles. The first-order valence-electron chi connectivity index (χ1n) is 9.80. The number of hydrogen-bond acceptors (Lipinski definition) is 5. The number of likely N-dealkylation sites (tertiary alicyclic amines) is 1. The molecule has 0 aliphatic carbocycles. The van der Waals surface area contributed by atoms with Crippen LogP contribution < -0.4 is 10.5 Å². The van der Waals surface area contributed by atoms with Crippen LogP contribution in [-0.4, -0.2) is 77.9 Å². The summed E-state index contributed by atoms with van der Waals surface area (Å²) < 4.78 is 5.78. The minimum atomic E-state index is -0.442. The van der Waals surface area contributed by atoms with Gasteiger partial charge in [0.2, 0.25) is 11.8 Å². The van der Waals surface area contributed by atoms with Gasteiger partial charge in [0.15, 0.2) is 0 Å². The average molecular weight is 374 g/mol. The maximum atomic E-state index is 13.0. The highest BCUT2D eigenvalue weighted by Gasteiger charge is 2.39. The lowest BCUT2D eigenvalue weighted by Crippen LogP contribution is -2.50. The standard InChI is InChI=1S/C20H30N4O3/c1-3-23(4-2)20(26)17-11-16(21)13-24(17)19(25)14-22-9-10-27-18-8-6-5-7-15(18)12-22/h5-8,16-17H,3-4,9-14,21H2,1-2H3/t16-,17-/m0/s1. The molecule has 0 saturated carbocycles. The Morgan fingerprint density at radius 1 is 1.26 bits per heavy atom. The molecule has 7 nitrogen and oxygen atoms in total. The van der Waals surface area contributed by atoms with Crippen LogP contribution in [0.2, 0.25) is 0 Å². The van der Waals surface area contributed by atoms with Gasteiger partial charge in [0.25, 0.3) is 0 Å². The number of fused-ring (bicyclic) bond motifs is 1. The summed E-state index contributed by atoms with van der Waals surface area (Å²) in [5.41, 5.74) is 7.18. The molecule has 0 radical (unpaired) electrons. The Bertz CT molecular complexity index is 677. The SMILES string of the molecule is CCN(CC)C(=O)[C@@H]1C[C@H](N)CN1C(=O)CN1CCOc2ccccc2C1. The monoisotopic (exact) mass is 374 g/mol. The molecule has 2 amide bonds. The molecule has 0 spiro atoms. The average Bonchev–Trinajstić information content (AvgIpc) is 2.94. The van der Waals surface area contributed by atoms with Crippen LogP contribution in [0.5, 0.6) is 5.75 Å². The molecule has 2 aliphatic heterocycles. The zero-order chi connectivity index (χ0) is 19.4. The topological polar surface area (TPSA) is 79.1 Å². The Hall–Kier alpha value is -2.12. The summed E-state index contributed by atoms with van der Waals surface area (Å²) in [5, 5.41) is 0. The molecule has 27 heavy (non-hydrogen) atoms. The zero-order valence-electron chi connectivity index (χ0n) is 16.3. The third-order valence-corrected chi connectivity index (χ3v) is 5.40. The summed E-state index contributed by atoms with van der Waals surface area (Å²) in [4.78, 5) is 31.4. The fraction of sp³-hybridized carbons (Fsp3) is 0.600. The second-order valence-corrected chi connectivity index (χ2v) is 7.24. The fourth-order valence-electron chi connectivity index (χ4n) is 3.92. The molecule has 2 N–H and O–H groups in total. The summed E-state index contributed by atoms with van der Waals surface area (Å²) in [6.45, 7) is 7.79. The van der Waals surface area contributed by atoms with E-state index in [1.807, 2.05) is 38.1 Å². The minimum absolute atomic E-state index is 0.00541. The van der Waals surface area contributed by atoms with Crippen molar-refractivity contribution in [3.8, 4) is 5.75 Å². The van der Waals surface area contributed by atoms with Crippen molar-refractivity contribution in [1.82, 2.24) is 14.7 Å². The van der Waals surface area contributed by atoms with E-state index in [0.29, 0.717) is 45.8 Å². The van der Waals surface area contributed by atoms with Crippen LogP contribution in [0.25, 0.3) is 0 Å². The predicted octanol–water partition coefficient (Wildman–Crippen LogP) is 0.678. The smallest absolute Gasteiger partial charge is 0.245 e. The van der Waals surface area contributed by atoms with E-state index < -0.39 is 6.04 Å².